The van der Waals surface area contributed by atoms with Crippen LogP contribution in [-0.4, -0.2) is 198 Å². The van der Waals surface area contributed by atoms with Gasteiger partial charge in [-0.05, 0) is 89.7 Å². The minimum absolute atomic E-state index is 0.0981. The van der Waals surface area contributed by atoms with E-state index in [1.807, 2.05) is 51.1 Å². The zero-order valence-corrected chi connectivity index (χ0v) is 45.9. The minimum Gasteiger partial charge on any atom is -0.458 e. The fourth-order valence-corrected chi connectivity index (χ4v) is 14.9. The zero-order chi connectivity index (χ0) is 55.4. The number of ketones is 1. The number of aliphatic hydroxyl groups excluding tert-OH is 4. The molecule has 1 aromatic carbocycles. The fraction of sp³-hybridized carbons (Fsp3) is 0.789. The summed E-state index contributed by atoms with van der Waals surface area (Å²) < 4.78 is 75.0. The molecule has 3 saturated carbocycles. The molecule has 4 saturated heterocycles. The summed E-state index contributed by atoms with van der Waals surface area (Å²) in [6, 6.07) is 9.43. The van der Waals surface area contributed by atoms with Crippen LogP contribution in [0.1, 0.15) is 111 Å². The van der Waals surface area contributed by atoms with Gasteiger partial charge in [0.1, 0.15) is 65.8 Å². The predicted octanol–water partition coefficient (Wildman–Crippen LogP) is 3.41. The van der Waals surface area contributed by atoms with Gasteiger partial charge < -0.3 is 87.5 Å². The molecule has 0 aromatic heterocycles. The molecule has 432 valence electrons. The van der Waals surface area contributed by atoms with Crippen LogP contribution in [0.5, 0.6) is 0 Å². The van der Waals surface area contributed by atoms with E-state index >= 15 is 0 Å². The molecular weight excluding hydrogens is 1000 g/mol. The molecular formula is C57H84O20. The molecule has 4 heterocycles. The number of esters is 1. The third kappa shape index (κ3) is 10.9. The Morgan fingerprint density at radius 2 is 1.27 bits per heavy atom. The Bertz CT molecular complexity index is 2250. The molecule has 20 heteroatoms. The Hall–Kier alpha value is -2.84. The lowest BCUT2D eigenvalue weighted by Gasteiger charge is -2.66. The maximum absolute atomic E-state index is 13.6. The second-order valence-corrected chi connectivity index (χ2v) is 23.4. The van der Waals surface area contributed by atoms with Gasteiger partial charge >= 0.3 is 5.97 Å². The lowest BCUT2D eigenvalue weighted by atomic mass is 9.43. The molecule has 0 amide bonds. The highest BCUT2D eigenvalue weighted by molar-refractivity contribution is 5.87. The smallest absolute Gasteiger partial charge is 0.331 e. The summed E-state index contributed by atoms with van der Waals surface area (Å²) >= 11 is 0. The summed E-state index contributed by atoms with van der Waals surface area (Å²) in [6.45, 7) is 10.4. The SMILES string of the molecule is CO[C@H]1C[C@H](O[C@H]2CC[C@@]3(C)C(=CC[C@]4(O)[C@@H]3C[C@@H](OC(=O)C=Cc3ccccc3)[C@]3(C)[C@H](C(C)=O)CC[C@@]34O)C2)O[C@H](C)[C@H]1O[C@H]1C[C@H](OC)[C@H](O[C@H]2C[C@@H](OC)[C@H](O[C@@H]3O[C@H](CO)[C@@H](O)[C@H](O)[C@H]3O)[C@@H](C)O2)[C@@H](C)O1. The van der Waals surface area contributed by atoms with Crippen molar-refractivity contribution in [1.82, 2.24) is 0 Å². The first-order valence-corrected chi connectivity index (χ1v) is 27.7. The Labute approximate surface area is 451 Å². The predicted molar refractivity (Wildman–Crippen MR) is 272 cm³/mol. The number of benzene rings is 1. The van der Waals surface area contributed by atoms with Gasteiger partial charge in [-0.3, -0.25) is 4.79 Å². The number of hydrogen-bond donors (Lipinski definition) is 6. The molecule has 20 nitrogen and oxygen atoms in total. The third-order valence-corrected chi connectivity index (χ3v) is 19.2. The van der Waals surface area contributed by atoms with Gasteiger partial charge in [0, 0.05) is 63.9 Å². The molecule has 4 aliphatic heterocycles. The lowest BCUT2D eigenvalue weighted by Crippen LogP contribution is -2.75. The summed E-state index contributed by atoms with van der Waals surface area (Å²) in [5.41, 5.74) is -3.09. The normalized spacial score (nSPS) is 48.1. The number of rotatable bonds is 16. The highest BCUT2D eigenvalue weighted by Gasteiger charge is 2.77. The van der Waals surface area contributed by atoms with Gasteiger partial charge in [0.25, 0.3) is 0 Å². The summed E-state index contributed by atoms with van der Waals surface area (Å²) in [6.07, 6.45) is -6.30. The van der Waals surface area contributed by atoms with Crippen LogP contribution >= 0.6 is 0 Å². The monoisotopic (exact) mass is 1090 g/mol. The van der Waals surface area contributed by atoms with Crippen LogP contribution in [-0.2, 0) is 66.4 Å². The van der Waals surface area contributed by atoms with Crippen molar-refractivity contribution in [3.05, 3.63) is 53.6 Å². The molecule has 8 aliphatic rings. The number of carbonyl (C=O) groups excluding carboxylic acids is 2. The number of Topliss-reactive ketones (excluding diaryl/α,β-unsaturated/α-hetero) is 1. The minimum atomic E-state index is -1.70. The fourth-order valence-electron chi connectivity index (χ4n) is 14.9. The number of aliphatic hydroxyl groups is 6. The van der Waals surface area contributed by atoms with Crippen LogP contribution in [0, 0.1) is 22.7 Å². The van der Waals surface area contributed by atoms with Gasteiger partial charge in [-0.25, -0.2) is 4.79 Å². The molecule has 77 heavy (non-hydrogen) atoms. The Morgan fingerprint density at radius 3 is 1.82 bits per heavy atom. The van der Waals surface area contributed by atoms with E-state index in [2.05, 4.69) is 13.0 Å². The summed E-state index contributed by atoms with van der Waals surface area (Å²) in [5.74, 6) is -1.74. The van der Waals surface area contributed by atoms with Crippen molar-refractivity contribution in [3.63, 3.8) is 0 Å². The van der Waals surface area contributed by atoms with Crippen LogP contribution < -0.4 is 0 Å². The molecule has 0 unspecified atom stereocenters. The quantitative estimate of drug-likeness (QED) is 0.0787. The van der Waals surface area contributed by atoms with Crippen LogP contribution in [0.4, 0.5) is 0 Å². The molecule has 9 rings (SSSR count). The molecule has 6 N–H and O–H groups in total. The van der Waals surface area contributed by atoms with Crippen molar-refractivity contribution in [2.45, 2.75) is 234 Å². The van der Waals surface area contributed by atoms with Crippen LogP contribution in [0.3, 0.4) is 0 Å². The van der Waals surface area contributed by atoms with Gasteiger partial charge in [0.05, 0.1) is 49.3 Å². The Kier molecular flexibility index (Phi) is 18.0. The van der Waals surface area contributed by atoms with Crippen molar-refractivity contribution in [3.8, 4) is 0 Å². The molecule has 4 aliphatic carbocycles. The van der Waals surface area contributed by atoms with Crippen molar-refractivity contribution in [2.24, 2.45) is 22.7 Å². The van der Waals surface area contributed by atoms with Gasteiger partial charge in [0.2, 0.25) is 0 Å². The maximum atomic E-state index is 13.6. The largest absolute Gasteiger partial charge is 0.458 e. The van der Waals surface area contributed by atoms with E-state index in [0.717, 1.165) is 11.1 Å². The molecule has 25 atom stereocenters. The second-order valence-electron chi connectivity index (χ2n) is 23.4. The molecule has 0 radical (unpaired) electrons. The summed E-state index contributed by atoms with van der Waals surface area (Å²) in [7, 11) is 4.75. The first kappa shape index (κ1) is 58.8. The number of hydrogen-bond acceptors (Lipinski definition) is 20. The van der Waals surface area contributed by atoms with Crippen molar-refractivity contribution < 1.29 is 97.1 Å². The number of ether oxygens (including phenoxy) is 12. The van der Waals surface area contributed by atoms with E-state index in [-0.39, 0.29) is 37.6 Å². The summed E-state index contributed by atoms with van der Waals surface area (Å²) in [4.78, 5) is 26.9. The van der Waals surface area contributed by atoms with Gasteiger partial charge in [0.15, 0.2) is 25.2 Å². The molecule has 0 spiro atoms. The second kappa shape index (κ2) is 23.6. The number of fused-ring (bicyclic) bond motifs is 5. The zero-order valence-electron chi connectivity index (χ0n) is 45.9. The molecule has 1 aromatic rings. The van der Waals surface area contributed by atoms with E-state index in [0.29, 0.717) is 38.5 Å². The number of methoxy groups -OCH3 is 3. The average molecular weight is 1090 g/mol. The first-order chi connectivity index (χ1) is 36.6. The van der Waals surface area contributed by atoms with E-state index in [1.54, 1.807) is 27.2 Å². The van der Waals surface area contributed by atoms with E-state index < -0.39 is 157 Å². The lowest BCUT2D eigenvalue weighted by molar-refractivity contribution is -0.357. The van der Waals surface area contributed by atoms with Crippen molar-refractivity contribution >= 4 is 17.8 Å². The topological polar surface area (TPSA) is 266 Å². The Balaban J connectivity index is 0.802. The van der Waals surface area contributed by atoms with Gasteiger partial charge in [-0.1, -0.05) is 55.8 Å². The molecule has 7 fully saturated rings. The highest BCUT2D eigenvalue weighted by atomic mass is 16.8. The average Bonchev–Trinajstić information content (AvgIpc) is 3.99. The highest BCUT2D eigenvalue weighted by Crippen LogP contribution is 2.70. The Morgan fingerprint density at radius 1 is 0.714 bits per heavy atom. The van der Waals surface area contributed by atoms with E-state index in [4.69, 9.17) is 56.8 Å². The van der Waals surface area contributed by atoms with Crippen molar-refractivity contribution in [1.29, 1.82) is 0 Å². The van der Waals surface area contributed by atoms with E-state index in [9.17, 15) is 40.2 Å². The van der Waals surface area contributed by atoms with Crippen molar-refractivity contribution in [2.75, 3.05) is 27.9 Å². The van der Waals surface area contributed by atoms with E-state index in [1.165, 1.54) is 20.1 Å². The third-order valence-electron chi connectivity index (χ3n) is 19.2. The van der Waals surface area contributed by atoms with Gasteiger partial charge in [-0.15, -0.1) is 0 Å². The van der Waals surface area contributed by atoms with Crippen LogP contribution in [0.25, 0.3) is 6.08 Å². The number of carbonyl (C=O) groups is 2. The van der Waals surface area contributed by atoms with Crippen LogP contribution in [0.2, 0.25) is 0 Å². The maximum Gasteiger partial charge on any atom is 0.331 e. The first-order valence-electron chi connectivity index (χ1n) is 27.7. The van der Waals surface area contributed by atoms with Crippen LogP contribution in [0.15, 0.2) is 48.1 Å². The van der Waals surface area contributed by atoms with Gasteiger partial charge in [-0.2, -0.15) is 0 Å². The standard InChI is InChI=1S/C57H84O20/c1-29(59)36-19-22-57(65)55(36,6)42(74-43(60)16-15-33-13-11-10-12-14-33)27-41-54(5)20-18-35(23-34(54)17-21-56(41,57)64)72-44-24-37(66-7)50(30(2)69-44)75-45-25-38(67-8)51(31(3)70-45)76-46-26-39(68-9)52(32(4)71-46)77-53-49(63)48(62)47(61)40(28-58)73-53/h10-17,30-32,35-42,44-53,58,61-65H,18-28H2,1-9H3/t30-,31-,32-,35+,36+,37+,38+,39-,40-,41-,42-,44+,45+,46+,47-,48+,49-,50-,51-,52-,53+,54+,55+,56+,57-/m1/s1. The molecule has 0 bridgehead atoms. The summed E-state index contributed by atoms with van der Waals surface area (Å²) in [5, 5.41) is 66.8.